The van der Waals surface area contributed by atoms with Crippen molar-refractivity contribution in [3.8, 4) is 0 Å². The maximum atomic E-state index is 14.9. The van der Waals surface area contributed by atoms with Gasteiger partial charge in [0, 0.05) is 18.4 Å². The molecular formula is C23H23F6NO. The molecule has 0 heterocycles. The number of benzene rings is 2. The van der Waals surface area contributed by atoms with Crippen molar-refractivity contribution in [2.45, 2.75) is 56.8 Å². The monoisotopic (exact) mass is 443 g/mol. The van der Waals surface area contributed by atoms with Crippen LogP contribution in [-0.4, -0.2) is 18.0 Å². The zero-order valence-corrected chi connectivity index (χ0v) is 16.9. The topological polar surface area (TPSA) is 29.1 Å². The third kappa shape index (κ3) is 6.09. The number of carbonyl (C=O) groups is 1. The van der Waals surface area contributed by atoms with Gasteiger partial charge in [-0.05, 0) is 36.0 Å². The van der Waals surface area contributed by atoms with E-state index in [0.29, 0.717) is 0 Å². The summed E-state index contributed by atoms with van der Waals surface area (Å²) in [5, 5.41) is 2.13. The number of Topliss-reactive ketones (excluding diaryl/α,β-unsaturated/α-hetero) is 1. The quantitative estimate of drug-likeness (QED) is 0.459. The van der Waals surface area contributed by atoms with Crippen molar-refractivity contribution in [2.24, 2.45) is 5.41 Å². The van der Waals surface area contributed by atoms with E-state index in [4.69, 9.17) is 0 Å². The lowest BCUT2D eigenvalue weighted by molar-refractivity contribution is -0.163. The van der Waals surface area contributed by atoms with Crippen molar-refractivity contribution >= 4 is 5.78 Å². The SMILES string of the molecule is CC1(CC(=O)[C@H](CC(F)(F)c2ccccc2)N[C@@H](c2ccc(F)cc2)C(F)(F)F)CC1. The molecule has 2 atom stereocenters. The smallest absolute Gasteiger partial charge is 0.298 e. The van der Waals surface area contributed by atoms with Gasteiger partial charge >= 0.3 is 6.18 Å². The van der Waals surface area contributed by atoms with E-state index in [-0.39, 0.29) is 23.0 Å². The predicted molar refractivity (Wildman–Crippen MR) is 104 cm³/mol. The van der Waals surface area contributed by atoms with Crippen molar-refractivity contribution in [1.29, 1.82) is 0 Å². The van der Waals surface area contributed by atoms with Gasteiger partial charge in [0.1, 0.15) is 11.9 Å². The van der Waals surface area contributed by atoms with Crippen molar-refractivity contribution < 1.29 is 31.1 Å². The number of carbonyl (C=O) groups excluding carboxylic acids is 1. The molecule has 0 bridgehead atoms. The Bertz CT molecular complexity index is 891. The van der Waals surface area contributed by atoms with E-state index in [2.05, 4.69) is 5.32 Å². The van der Waals surface area contributed by atoms with Gasteiger partial charge in [0.05, 0.1) is 6.04 Å². The molecule has 0 saturated heterocycles. The predicted octanol–water partition coefficient (Wildman–Crippen LogP) is 6.33. The minimum absolute atomic E-state index is 0.0798. The van der Waals surface area contributed by atoms with Gasteiger partial charge in [0.25, 0.3) is 5.92 Å². The minimum atomic E-state index is -4.87. The summed E-state index contributed by atoms with van der Waals surface area (Å²) in [6.45, 7) is 1.80. The summed E-state index contributed by atoms with van der Waals surface area (Å²) < 4.78 is 84.3. The van der Waals surface area contributed by atoms with E-state index in [1.807, 2.05) is 0 Å². The molecule has 1 N–H and O–H groups in total. The van der Waals surface area contributed by atoms with Gasteiger partial charge in [0.2, 0.25) is 0 Å². The van der Waals surface area contributed by atoms with E-state index in [1.54, 1.807) is 13.0 Å². The van der Waals surface area contributed by atoms with Crippen LogP contribution in [0.5, 0.6) is 0 Å². The Morgan fingerprint density at radius 1 is 1.00 bits per heavy atom. The largest absolute Gasteiger partial charge is 0.407 e. The number of nitrogens with one attached hydrogen (secondary N) is 1. The molecule has 1 saturated carbocycles. The number of rotatable bonds is 9. The summed E-state index contributed by atoms with van der Waals surface area (Å²) >= 11 is 0. The molecule has 2 aromatic rings. The molecule has 0 aromatic heterocycles. The standard InChI is InChI=1S/C23H23F6NO/c1-21(11-12-21)14-19(31)18(13-22(25,26)16-5-3-2-4-6-16)30-20(23(27,28)29)15-7-9-17(24)10-8-15/h2-10,18,20,30H,11-14H2,1H3/t18-,20-/m0/s1. The van der Waals surface area contributed by atoms with Crippen molar-refractivity contribution in [1.82, 2.24) is 5.32 Å². The van der Waals surface area contributed by atoms with Gasteiger partial charge < -0.3 is 0 Å². The summed E-state index contributed by atoms with van der Waals surface area (Å²) in [7, 11) is 0. The molecule has 31 heavy (non-hydrogen) atoms. The minimum Gasteiger partial charge on any atom is -0.298 e. The van der Waals surface area contributed by atoms with Gasteiger partial charge in [-0.1, -0.05) is 49.4 Å². The first kappa shape index (κ1) is 23.3. The zero-order chi connectivity index (χ0) is 22.9. The Labute approximate surface area is 176 Å². The number of hydrogen-bond donors (Lipinski definition) is 1. The van der Waals surface area contributed by atoms with Gasteiger partial charge in [-0.3, -0.25) is 10.1 Å². The Balaban J connectivity index is 1.90. The van der Waals surface area contributed by atoms with Crippen molar-refractivity contribution in [2.75, 3.05) is 0 Å². The van der Waals surface area contributed by atoms with Gasteiger partial charge in [0.15, 0.2) is 5.78 Å². The second kappa shape index (κ2) is 8.65. The van der Waals surface area contributed by atoms with E-state index in [0.717, 1.165) is 37.1 Å². The summed E-state index contributed by atoms with van der Waals surface area (Å²) in [4.78, 5) is 12.8. The Kier molecular flexibility index (Phi) is 6.51. The van der Waals surface area contributed by atoms with Gasteiger partial charge in [-0.25, -0.2) is 13.2 Å². The molecule has 8 heteroatoms. The number of hydrogen-bond acceptors (Lipinski definition) is 2. The van der Waals surface area contributed by atoms with Crippen LogP contribution in [0.15, 0.2) is 54.6 Å². The molecule has 2 aromatic carbocycles. The Morgan fingerprint density at radius 2 is 1.58 bits per heavy atom. The molecule has 0 amide bonds. The molecule has 0 unspecified atom stereocenters. The van der Waals surface area contributed by atoms with Crippen molar-refractivity contribution in [3.05, 3.63) is 71.5 Å². The average Bonchev–Trinajstić information content (AvgIpc) is 3.42. The highest BCUT2D eigenvalue weighted by Gasteiger charge is 2.47. The molecule has 2 nitrogen and oxygen atoms in total. The van der Waals surface area contributed by atoms with E-state index in [9.17, 15) is 31.1 Å². The second-order valence-corrected chi connectivity index (χ2v) is 8.47. The maximum absolute atomic E-state index is 14.9. The van der Waals surface area contributed by atoms with Gasteiger partial charge in [-0.15, -0.1) is 0 Å². The van der Waals surface area contributed by atoms with Crippen LogP contribution in [0, 0.1) is 11.2 Å². The second-order valence-electron chi connectivity index (χ2n) is 8.47. The molecule has 0 aliphatic heterocycles. The number of ketones is 1. The lowest BCUT2D eigenvalue weighted by Crippen LogP contribution is -2.47. The van der Waals surface area contributed by atoms with Crippen LogP contribution in [0.4, 0.5) is 26.3 Å². The third-order valence-electron chi connectivity index (χ3n) is 5.65. The van der Waals surface area contributed by atoms with Crippen LogP contribution in [-0.2, 0) is 10.7 Å². The van der Waals surface area contributed by atoms with E-state index >= 15 is 0 Å². The lowest BCUT2D eigenvalue weighted by atomic mass is 9.91. The average molecular weight is 443 g/mol. The fourth-order valence-electron chi connectivity index (χ4n) is 3.49. The number of halogens is 6. The van der Waals surface area contributed by atoms with Gasteiger partial charge in [-0.2, -0.15) is 13.2 Å². The first-order valence-corrected chi connectivity index (χ1v) is 9.94. The highest BCUT2D eigenvalue weighted by molar-refractivity contribution is 5.85. The summed E-state index contributed by atoms with van der Waals surface area (Å²) in [5.41, 5.74) is -1.09. The molecular weight excluding hydrogens is 420 g/mol. The normalized spacial score (nSPS) is 17.8. The first-order chi connectivity index (χ1) is 14.4. The summed E-state index contributed by atoms with van der Waals surface area (Å²) in [6.07, 6.45) is -4.62. The molecule has 0 radical (unpaired) electrons. The van der Waals surface area contributed by atoms with Crippen LogP contribution in [0.2, 0.25) is 0 Å². The van der Waals surface area contributed by atoms with E-state index < -0.39 is 42.2 Å². The highest BCUT2D eigenvalue weighted by Crippen LogP contribution is 2.49. The molecule has 1 fully saturated rings. The Morgan fingerprint density at radius 3 is 2.10 bits per heavy atom. The molecule has 0 spiro atoms. The third-order valence-corrected chi connectivity index (χ3v) is 5.65. The lowest BCUT2D eigenvalue weighted by Gasteiger charge is -2.30. The maximum Gasteiger partial charge on any atom is 0.407 e. The van der Waals surface area contributed by atoms with Crippen LogP contribution >= 0.6 is 0 Å². The van der Waals surface area contributed by atoms with Crippen molar-refractivity contribution in [3.63, 3.8) is 0 Å². The fraction of sp³-hybridized carbons (Fsp3) is 0.435. The molecule has 1 aliphatic rings. The summed E-state index contributed by atoms with van der Waals surface area (Å²) in [6, 6.07) is 6.14. The van der Waals surface area contributed by atoms with Crippen LogP contribution in [0.25, 0.3) is 0 Å². The van der Waals surface area contributed by atoms with Crippen LogP contribution in [0.3, 0.4) is 0 Å². The van der Waals surface area contributed by atoms with E-state index in [1.165, 1.54) is 24.3 Å². The Hall–Kier alpha value is -2.35. The molecule has 168 valence electrons. The highest BCUT2D eigenvalue weighted by atomic mass is 19.4. The zero-order valence-electron chi connectivity index (χ0n) is 16.9. The fourth-order valence-corrected chi connectivity index (χ4v) is 3.49. The first-order valence-electron chi connectivity index (χ1n) is 9.94. The van der Waals surface area contributed by atoms with Crippen LogP contribution in [0.1, 0.15) is 49.8 Å². The molecule has 1 aliphatic carbocycles. The molecule has 3 rings (SSSR count). The summed E-state index contributed by atoms with van der Waals surface area (Å²) in [5.74, 6) is -4.93. The van der Waals surface area contributed by atoms with Crippen LogP contribution < -0.4 is 5.32 Å². The number of alkyl halides is 5.